The van der Waals surface area contributed by atoms with Gasteiger partial charge in [0.05, 0.1) is 0 Å². The van der Waals surface area contributed by atoms with Gasteiger partial charge in [-0.1, -0.05) is 12.1 Å². The van der Waals surface area contributed by atoms with Gasteiger partial charge < -0.3 is 15.3 Å². The Kier molecular flexibility index (Phi) is 5.10. The van der Waals surface area contributed by atoms with E-state index in [4.69, 9.17) is 5.11 Å². The Morgan fingerprint density at radius 2 is 2.00 bits per heavy atom. The lowest BCUT2D eigenvalue weighted by Gasteiger charge is -2.26. The van der Waals surface area contributed by atoms with Gasteiger partial charge in [-0.15, -0.1) is 0 Å². The molecule has 7 heteroatoms. The Labute approximate surface area is 124 Å². The molecular weight excluding hydrogens is 292 g/mol. The van der Waals surface area contributed by atoms with Crippen molar-refractivity contribution in [3.8, 4) is 0 Å². The number of carbonyl (C=O) groups is 2. The molecule has 0 atom stereocenters. The van der Waals surface area contributed by atoms with E-state index in [9.17, 15) is 13.8 Å². The second-order valence-electron chi connectivity index (χ2n) is 4.56. The summed E-state index contributed by atoms with van der Waals surface area (Å²) in [5.74, 6) is -0.00497. The van der Waals surface area contributed by atoms with Gasteiger partial charge in [-0.25, -0.2) is 9.59 Å². The van der Waals surface area contributed by atoms with Gasteiger partial charge >= 0.3 is 12.0 Å². The van der Waals surface area contributed by atoms with E-state index in [2.05, 4.69) is 5.32 Å². The Bertz CT molecular complexity index is 590. The molecule has 112 valence electrons. The minimum absolute atomic E-state index is 0.230. The van der Waals surface area contributed by atoms with Gasteiger partial charge in [0, 0.05) is 47.2 Å². The van der Waals surface area contributed by atoms with Gasteiger partial charge in [0.1, 0.15) is 0 Å². The number of urea groups is 1. The topological polar surface area (TPSA) is 86.7 Å². The van der Waals surface area contributed by atoms with Gasteiger partial charge in [-0.3, -0.25) is 4.21 Å². The van der Waals surface area contributed by atoms with Crippen molar-refractivity contribution < 1.29 is 18.9 Å². The summed E-state index contributed by atoms with van der Waals surface area (Å²) in [6, 6.07) is 6.69. The number of rotatable bonds is 3. The highest BCUT2D eigenvalue weighted by Crippen LogP contribution is 2.13. The average Bonchev–Trinajstić information content (AvgIpc) is 2.46. The molecule has 1 fully saturated rings. The first kappa shape index (κ1) is 15.2. The Morgan fingerprint density at radius 3 is 2.67 bits per heavy atom. The predicted octanol–water partition coefficient (Wildman–Crippen LogP) is 1.38. The number of hydrogen-bond acceptors (Lipinski definition) is 3. The molecule has 0 unspecified atom stereocenters. The summed E-state index contributed by atoms with van der Waals surface area (Å²) in [6.07, 6.45) is 2.50. The minimum Gasteiger partial charge on any atom is -0.478 e. The molecule has 0 saturated carbocycles. The maximum Gasteiger partial charge on any atom is 0.328 e. The second-order valence-corrected chi connectivity index (χ2v) is 6.26. The fourth-order valence-electron chi connectivity index (χ4n) is 1.93. The normalized spacial score (nSPS) is 16.1. The molecule has 1 saturated heterocycles. The Morgan fingerprint density at radius 1 is 1.29 bits per heavy atom. The third-order valence-electron chi connectivity index (χ3n) is 3.02. The molecule has 0 spiro atoms. The van der Waals surface area contributed by atoms with Crippen molar-refractivity contribution in [3.63, 3.8) is 0 Å². The fraction of sp³-hybridized carbons (Fsp3) is 0.286. The maximum absolute atomic E-state index is 12.1. The number of nitrogens with zero attached hydrogens (tertiary/aromatic N) is 1. The highest BCUT2D eigenvalue weighted by molar-refractivity contribution is 7.85. The SMILES string of the molecule is O=C(O)/C=C/c1cccc(NC(=O)N2CCS(=O)CC2)c1. The van der Waals surface area contributed by atoms with E-state index < -0.39 is 16.8 Å². The zero-order chi connectivity index (χ0) is 15.2. The summed E-state index contributed by atoms with van der Waals surface area (Å²) in [6.45, 7) is 0.966. The lowest BCUT2D eigenvalue weighted by Crippen LogP contribution is -2.43. The van der Waals surface area contributed by atoms with Crippen molar-refractivity contribution in [1.82, 2.24) is 4.90 Å². The van der Waals surface area contributed by atoms with Crippen molar-refractivity contribution >= 4 is 34.6 Å². The van der Waals surface area contributed by atoms with Crippen LogP contribution in [0.4, 0.5) is 10.5 Å². The smallest absolute Gasteiger partial charge is 0.328 e. The van der Waals surface area contributed by atoms with Crippen LogP contribution in [0.1, 0.15) is 5.56 Å². The number of amides is 2. The van der Waals surface area contributed by atoms with Gasteiger partial charge in [0.2, 0.25) is 0 Å². The number of anilines is 1. The van der Waals surface area contributed by atoms with Crippen molar-refractivity contribution in [1.29, 1.82) is 0 Å². The van der Waals surface area contributed by atoms with Crippen LogP contribution >= 0.6 is 0 Å². The molecule has 1 aliphatic rings. The van der Waals surface area contributed by atoms with Crippen molar-refractivity contribution in [2.24, 2.45) is 0 Å². The van der Waals surface area contributed by atoms with Gasteiger partial charge in [0.25, 0.3) is 0 Å². The fourth-order valence-corrected chi connectivity index (χ4v) is 2.98. The van der Waals surface area contributed by atoms with Crippen LogP contribution in [0.25, 0.3) is 6.08 Å². The summed E-state index contributed by atoms with van der Waals surface area (Å²) in [5.41, 5.74) is 1.29. The van der Waals surface area contributed by atoms with E-state index in [0.717, 1.165) is 6.08 Å². The van der Waals surface area contributed by atoms with E-state index >= 15 is 0 Å². The van der Waals surface area contributed by atoms with Crippen LogP contribution in [-0.4, -0.2) is 50.8 Å². The van der Waals surface area contributed by atoms with Crippen LogP contribution < -0.4 is 5.32 Å². The lowest BCUT2D eigenvalue weighted by molar-refractivity contribution is -0.131. The average molecular weight is 308 g/mol. The van der Waals surface area contributed by atoms with Crippen molar-refractivity contribution in [3.05, 3.63) is 35.9 Å². The molecule has 0 bridgehead atoms. The van der Waals surface area contributed by atoms with Crippen molar-refractivity contribution in [2.45, 2.75) is 0 Å². The summed E-state index contributed by atoms with van der Waals surface area (Å²) in [5, 5.41) is 11.4. The minimum atomic E-state index is -1.02. The number of hydrogen-bond donors (Lipinski definition) is 2. The first-order valence-corrected chi connectivity index (χ1v) is 7.95. The van der Waals surface area contributed by atoms with Crippen LogP contribution in [0, 0.1) is 0 Å². The van der Waals surface area contributed by atoms with Crippen LogP contribution in [0.2, 0.25) is 0 Å². The van der Waals surface area contributed by atoms with Crippen molar-refractivity contribution in [2.75, 3.05) is 29.9 Å². The number of carboxylic acids is 1. The number of aliphatic carboxylic acids is 1. The molecule has 1 heterocycles. The molecule has 2 amide bonds. The largest absolute Gasteiger partial charge is 0.478 e. The summed E-state index contributed by atoms with van der Waals surface area (Å²) < 4.78 is 11.3. The number of carboxylic acid groups (broad SMARTS) is 1. The quantitative estimate of drug-likeness (QED) is 0.826. The monoisotopic (exact) mass is 308 g/mol. The lowest BCUT2D eigenvalue weighted by atomic mass is 10.2. The molecule has 2 rings (SSSR count). The molecular formula is C14H16N2O4S. The van der Waals surface area contributed by atoms with Gasteiger partial charge in [-0.05, 0) is 23.8 Å². The number of carbonyl (C=O) groups excluding carboxylic acids is 1. The summed E-state index contributed by atoms with van der Waals surface area (Å²) >= 11 is 0. The van der Waals surface area contributed by atoms with Crippen LogP contribution in [0.15, 0.2) is 30.3 Å². The first-order chi connectivity index (χ1) is 10.0. The highest BCUT2D eigenvalue weighted by Gasteiger charge is 2.19. The molecule has 1 aromatic rings. The molecule has 0 aromatic heterocycles. The Balaban J connectivity index is 1.99. The molecule has 2 N–H and O–H groups in total. The molecule has 0 radical (unpaired) electrons. The summed E-state index contributed by atoms with van der Waals surface area (Å²) in [4.78, 5) is 24.2. The molecule has 0 aliphatic carbocycles. The number of nitrogens with one attached hydrogen (secondary N) is 1. The van der Waals surface area contributed by atoms with E-state index in [0.29, 0.717) is 35.8 Å². The van der Waals surface area contributed by atoms with Crippen LogP contribution in [0.3, 0.4) is 0 Å². The Hall–Kier alpha value is -2.15. The third kappa shape index (κ3) is 4.71. The molecule has 6 nitrogen and oxygen atoms in total. The zero-order valence-corrected chi connectivity index (χ0v) is 12.1. The standard InChI is InChI=1S/C14H16N2O4S/c17-13(18)5-4-11-2-1-3-12(10-11)15-14(19)16-6-8-21(20)9-7-16/h1-5,10H,6-9H2,(H,15,19)(H,17,18)/b5-4+. The van der Waals surface area contributed by atoms with Gasteiger partial charge in [0.15, 0.2) is 0 Å². The van der Waals surface area contributed by atoms with E-state index in [1.54, 1.807) is 29.2 Å². The molecule has 1 aromatic carbocycles. The zero-order valence-electron chi connectivity index (χ0n) is 11.3. The third-order valence-corrected chi connectivity index (χ3v) is 4.30. The first-order valence-electron chi connectivity index (χ1n) is 6.46. The van der Waals surface area contributed by atoms with E-state index in [1.807, 2.05) is 0 Å². The molecule has 21 heavy (non-hydrogen) atoms. The highest BCUT2D eigenvalue weighted by atomic mass is 32.2. The molecule has 1 aliphatic heterocycles. The van der Waals surface area contributed by atoms with E-state index in [1.165, 1.54) is 6.08 Å². The summed E-state index contributed by atoms with van der Waals surface area (Å²) in [7, 11) is -0.821. The van der Waals surface area contributed by atoms with Crippen LogP contribution in [0.5, 0.6) is 0 Å². The van der Waals surface area contributed by atoms with Gasteiger partial charge in [-0.2, -0.15) is 0 Å². The van der Waals surface area contributed by atoms with E-state index in [-0.39, 0.29) is 6.03 Å². The van der Waals surface area contributed by atoms with Crippen LogP contribution in [-0.2, 0) is 15.6 Å². The second kappa shape index (κ2) is 7.03. The maximum atomic E-state index is 12.1. The number of benzene rings is 1. The predicted molar refractivity (Wildman–Crippen MR) is 81.6 cm³/mol.